The van der Waals surface area contributed by atoms with Crippen LogP contribution in [0.3, 0.4) is 0 Å². The highest BCUT2D eigenvalue weighted by atomic mass is 19.1. The molecule has 1 amide bonds. The van der Waals surface area contributed by atoms with Crippen molar-refractivity contribution in [3.05, 3.63) is 53.3 Å². The number of amides is 1. The van der Waals surface area contributed by atoms with E-state index in [1.165, 1.54) is 25.2 Å². The van der Waals surface area contributed by atoms with Crippen LogP contribution in [-0.4, -0.2) is 13.0 Å². The van der Waals surface area contributed by atoms with E-state index in [0.29, 0.717) is 22.6 Å². The summed E-state index contributed by atoms with van der Waals surface area (Å²) < 4.78 is 13.1. The second-order valence-corrected chi connectivity index (χ2v) is 4.31. The number of hydrogen-bond donors (Lipinski definition) is 3. The summed E-state index contributed by atoms with van der Waals surface area (Å²) in [6, 6.07) is 10.5. The van der Waals surface area contributed by atoms with Gasteiger partial charge in [-0.3, -0.25) is 4.79 Å². The monoisotopic (exact) mass is 284 g/mol. The van der Waals surface area contributed by atoms with Crippen molar-refractivity contribution in [3.63, 3.8) is 0 Å². The van der Waals surface area contributed by atoms with Crippen molar-refractivity contribution >= 4 is 23.0 Å². The predicted molar refractivity (Wildman–Crippen MR) is 78.6 cm³/mol. The molecule has 106 valence electrons. The third kappa shape index (κ3) is 3.09. The van der Waals surface area contributed by atoms with Gasteiger partial charge < -0.3 is 16.4 Å². The van der Waals surface area contributed by atoms with E-state index >= 15 is 0 Å². The minimum atomic E-state index is -0.486. The van der Waals surface area contributed by atoms with Crippen LogP contribution in [0.1, 0.15) is 15.9 Å². The van der Waals surface area contributed by atoms with Crippen LogP contribution in [0.2, 0.25) is 0 Å². The van der Waals surface area contributed by atoms with Crippen molar-refractivity contribution in [3.8, 4) is 6.07 Å². The second-order valence-electron chi connectivity index (χ2n) is 4.31. The fraction of sp³-hybridized carbons (Fsp3) is 0.0667. The molecule has 0 aliphatic rings. The molecule has 6 heteroatoms. The molecule has 2 aromatic carbocycles. The highest BCUT2D eigenvalue weighted by Crippen LogP contribution is 2.26. The lowest BCUT2D eigenvalue weighted by atomic mass is 10.1. The van der Waals surface area contributed by atoms with Gasteiger partial charge in [0.15, 0.2) is 0 Å². The SMILES string of the molecule is CNC(=O)c1ccc(Nc2ccc(F)cc2C#N)c(N)c1. The Morgan fingerprint density at radius 3 is 2.57 bits per heavy atom. The Kier molecular flexibility index (Phi) is 4.05. The standard InChI is InChI=1S/C15H13FN4O/c1-19-15(21)9-2-4-14(12(18)7-9)20-13-5-3-11(16)6-10(13)8-17/h2-7,20H,18H2,1H3,(H,19,21). The predicted octanol–water partition coefficient (Wildman–Crippen LogP) is 2.38. The molecule has 0 atom stereocenters. The smallest absolute Gasteiger partial charge is 0.251 e. The van der Waals surface area contributed by atoms with Gasteiger partial charge in [-0.15, -0.1) is 0 Å². The molecular weight excluding hydrogens is 271 g/mol. The van der Waals surface area contributed by atoms with Crippen molar-refractivity contribution in [2.45, 2.75) is 0 Å². The lowest BCUT2D eigenvalue weighted by molar-refractivity contribution is 0.0963. The Hall–Kier alpha value is -3.07. The molecule has 0 saturated heterocycles. The number of carbonyl (C=O) groups is 1. The number of halogens is 1. The number of nitrogens with one attached hydrogen (secondary N) is 2. The van der Waals surface area contributed by atoms with E-state index in [9.17, 15) is 9.18 Å². The molecule has 4 N–H and O–H groups in total. The summed E-state index contributed by atoms with van der Waals surface area (Å²) in [4.78, 5) is 11.5. The molecule has 0 heterocycles. The molecule has 0 aliphatic heterocycles. The summed E-state index contributed by atoms with van der Waals surface area (Å²) in [5, 5.41) is 14.5. The first-order valence-corrected chi connectivity index (χ1v) is 6.13. The number of nitrogens with two attached hydrogens (primary N) is 1. The fourth-order valence-corrected chi connectivity index (χ4v) is 1.83. The van der Waals surface area contributed by atoms with Crippen LogP contribution in [0.15, 0.2) is 36.4 Å². The van der Waals surface area contributed by atoms with Crippen LogP contribution >= 0.6 is 0 Å². The van der Waals surface area contributed by atoms with Crippen molar-refractivity contribution < 1.29 is 9.18 Å². The molecule has 2 aromatic rings. The van der Waals surface area contributed by atoms with Crippen molar-refractivity contribution in [1.82, 2.24) is 5.32 Å². The normalized spacial score (nSPS) is 9.76. The maximum atomic E-state index is 13.1. The molecule has 0 aliphatic carbocycles. The fourth-order valence-electron chi connectivity index (χ4n) is 1.83. The molecule has 0 spiro atoms. The first-order valence-electron chi connectivity index (χ1n) is 6.13. The van der Waals surface area contributed by atoms with Gasteiger partial charge in [0.05, 0.1) is 22.6 Å². The maximum Gasteiger partial charge on any atom is 0.251 e. The topological polar surface area (TPSA) is 90.9 Å². The van der Waals surface area contributed by atoms with Crippen LogP contribution in [0.25, 0.3) is 0 Å². The third-order valence-electron chi connectivity index (χ3n) is 2.91. The molecule has 0 aromatic heterocycles. The summed E-state index contributed by atoms with van der Waals surface area (Å²) in [7, 11) is 1.53. The Morgan fingerprint density at radius 2 is 1.95 bits per heavy atom. The van der Waals surface area contributed by atoms with E-state index in [-0.39, 0.29) is 11.5 Å². The molecule has 0 unspecified atom stereocenters. The highest BCUT2D eigenvalue weighted by molar-refractivity contribution is 5.96. The third-order valence-corrected chi connectivity index (χ3v) is 2.91. The number of nitriles is 1. The van der Waals surface area contributed by atoms with Crippen LogP contribution in [0, 0.1) is 17.1 Å². The molecule has 21 heavy (non-hydrogen) atoms. The van der Waals surface area contributed by atoms with E-state index in [0.717, 1.165) is 6.07 Å². The van der Waals surface area contributed by atoms with Crippen molar-refractivity contribution in [2.75, 3.05) is 18.1 Å². The van der Waals surface area contributed by atoms with Gasteiger partial charge in [-0.1, -0.05) is 0 Å². The van der Waals surface area contributed by atoms with Gasteiger partial charge in [0.1, 0.15) is 11.9 Å². The molecular formula is C15H13FN4O. The summed E-state index contributed by atoms with van der Waals surface area (Å²) >= 11 is 0. The summed E-state index contributed by atoms with van der Waals surface area (Å²) in [5.41, 5.74) is 7.81. The highest BCUT2D eigenvalue weighted by Gasteiger charge is 2.09. The lowest BCUT2D eigenvalue weighted by Crippen LogP contribution is -2.18. The summed E-state index contributed by atoms with van der Waals surface area (Å²) in [6.07, 6.45) is 0. The zero-order valence-electron chi connectivity index (χ0n) is 11.3. The number of nitrogens with zero attached hydrogens (tertiary/aromatic N) is 1. The van der Waals surface area contributed by atoms with Crippen LogP contribution in [0.5, 0.6) is 0 Å². The van der Waals surface area contributed by atoms with Gasteiger partial charge in [0.25, 0.3) is 5.91 Å². The van der Waals surface area contributed by atoms with Gasteiger partial charge in [0.2, 0.25) is 0 Å². The number of rotatable bonds is 3. The first-order chi connectivity index (χ1) is 10.0. The number of carbonyl (C=O) groups excluding carboxylic acids is 1. The lowest BCUT2D eigenvalue weighted by Gasteiger charge is -2.12. The Morgan fingerprint density at radius 1 is 1.24 bits per heavy atom. The molecule has 5 nitrogen and oxygen atoms in total. The zero-order valence-corrected chi connectivity index (χ0v) is 11.3. The largest absolute Gasteiger partial charge is 0.397 e. The number of anilines is 3. The quantitative estimate of drug-likeness (QED) is 0.755. The Bertz CT molecular complexity index is 737. The van der Waals surface area contributed by atoms with Crippen LogP contribution in [0.4, 0.5) is 21.5 Å². The van der Waals surface area contributed by atoms with E-state index < -0.39 is 5.82 Å². The molecule has 0 bridgehead atoms. The summed E-state index contributed by atoms with van der Waals surface area (Å²) in [6.45, 7) is 0. The van der Waals surface area contributed by atoms with Crippen LogP contribution in [-0.2, 0) is 0 Å². The van der Waals surface area contributed by atoms with Gasteiger partial charge in [-0.05, 0) is 36.4 Å². The molecule has 0 saturated carbocycles. The number of nitrogen functional groups attached to an aromatic ring is 1. The van der Waals surface area contributed by atoms with Crippen LogP contribution < -0.4 is 16.4 Å². The van der Waals surface area contributed by atoms with E-state index in [1.807, 2.05) is 6.07 Å². The Balaban J connectivity index is 2.33. The summed E-state index contributed by atoms with van der Waals surface area (Å²) in [5.74, 6) is -0.729. The molecule has 2 rings (SSSR count). The second kappa shape index (κ2) is 5.92. The zero-order chi connectivity index (χ0) is 15.4. The van der Waals surface area contributed by atoms with Crippen molar-refractivity contribution in [1.29, 1.82) is 5.26 Å². The van der Waals surface area contributed by atoms with E-state index in [2.05, 4.69) is 10.6 Å². The Labute approximate surface area is 121 Å². The van der Waals surface area contributed by atoms with Gasteiger partial charge in [-0.25, -0.2) is 4.39 Å². The molecule has 0 radical (unpaired) electrons. The minimum Gasteiger partial charge on any atom is -0.397 e. The number of benzene rings is 2. The number of hydrogen-bond acceptors (Lipinski definition) is 4. The minimum absolute atomic E-state index is 0.171. The molecule has 0 fully saturated rings. The van der Waals surface area contributed by atoms with Gasteiger partial charge in [0, 0.05) is 12.6 Å². The van der Waals surface area contributed by atoms with Crippen molar-refractivity contribution in [2.24, 2.45) is 0 Å². The van der Waals surface area contributed by atoms with E-state index in [1.54, 1.807) is 12.1 Å². The van der Waals surface area contributed by atoms with Gasteiger partial charge >= 0.3 is 0 Å². The first kappa shape index (κ1) is 14.3. The van der Waals surface area contributed by atoms with E-state index in [4.69, 9.17) is 11.0 Å². The van der Waals surface area contributed by atoms with Gasteiger partial charge in [-0.2, -0.15) is 5.26 Å². The maximum absolute atomic E-state index is 13.1. The average Bonchev–Trinajstić information content (AvgIpc) is 2.49. The average molecular weight is 284 g/mol.